The molecule has 0 fully saturated rings. The smallest absolute Gasteiger partial charge is 0.251 e. The number of amides is 1. The van der Waals surface area contributed by atoms with Gasteiger partial charge < -0.3 is 4.90 Å². The molecule has 0 atom stereocenters. The quantitative estimate of drug-likeness (QED) is 0.662. The lowest BCUT2D eigenvalue weighted by atomic mass is 10.2. The highest BCUT2D eigenvalue weighted by molar-refractivity contribution is 7.89. The van der Waals surface area contributed by atoms with E-state index in [1.54, 1.807) is 27.5 Å². The zero-order valence-corrected chi connectivity index (χ0v) is 16.5. The molecule has 0 unspecified atom stereocenters. The van der Waals surface area contributed by atoms with E-state index >= 15 is 0 Å². The average Bonchev–Trinajstić information content (AvgIpc) is 3.26. The maximum absolute atomic E-state index is 12.7. The Morgan fingerprint density at radius 2 is 2.11 bits per heavy atom. The van der Waals surface area contributed by atoms with Crippen molar-refractivity contribution in [2.45, 2.75) is 11.3 Å². The molecule has 1 amide bonds. The van der Waals surface area contributed by atoms with Gasteiger partial charge in [0.2, 0.25) is 10.0 Å². The predicted molar refractivity (Wildman–Crippen MR) is 108 cm³/mol. The van der Waals surface area contributed by atoms with E-state index in [2.05, 4.69) is 9.71 Å². The average molecular weight is 417 g/mol. The molecular weight excluding hydrogens is 400 g/mol. The van der Waals surface area contributed by atoms with Crippen molar-refractivity contribution in [1.29, 1.82) is 0 Å². The zero-order chi connectivity index (χ0) is 19.9. The van der Waals surface area contributed by atoms with Gasteiger partial charge in [0.25, 0.3) is 5.91 Å². The third-order valence-electron chi connectivity index (χ3n) is 4.70. The number of anilines is 1. The fourth-order valence-electron chi connectivity index (χ4n) is 3.27. The van der Waals surface area contributed by atoms with Gasteiger partial charge in [-0.1, -0.05) is 17.7 Å². The van der Waals surface area contributed by atoms with E-state index in [0.717, 1.165) is 5.56 Å². The largest absolute Gasteiger partial charge is 0.308 e. The number of carbonyl (C=O) groups is 1. The van der Waals surface area contributed by atoms with Gasteiger partial charge in [-0.25, -0.2) is 18.1 Å². The second kappa shape index (κ2) is 7.05. The lowest BCUT2D eigenvalue weighted by Gasteiger charge is -2.15. The van der Waals surface area contributed by atoms with Gasteiger partial charge in [-0.3, -0.25) is 9.20 Å². The number of fused-ring (bicyclic) bond motifs is 2. The topological polar surface area (TPSA) is 83.8 Å². The number of nitrogens with zero attached hydrogens (tertiary/aromatic N) is 3. The molecule has 0 saturated carbocycles. The van der Waals surface area contributed by atoms with Gasteiger partial charge in [-0.05, 0) is 55.4 Å². The molecule has 1 aromatic carbocycles. The molecule has 1 aliphatic rings. The fraction of sp³-hybridized carbons (Fsp3) is 0.158. The number of imidazole rings is 1. The second-order valence-corrected chi connectivity index (χ2v) is 8.53. The molecule has 0 aliphatic carbocycles. The number of nitrogens with one attached hydrogen (secondary N) is 1. The summed E-state index contributed by atoms with van der Waals surface area (Å²) in [6.45, 7) is 0.489. The Bertz CT molecular complexity index is 1220. The summed E-state index contributed by atoms with van der Waals surface area (Å²) < 4.78 is 28.0. The normalized spacial score (nSPS) is 14.1. The summed E-state index contributed by atoms with van der Waals surface area (Å²) in [5.41, 5.74) is 2.87. The van der Waals surface area contributed by atoms with Crippen molar-refractivity contribution in [3.63, 3.8) is 0 Å². The molecule has 144 valence electrons. The lowest BCUT2D eigenvalue weighted by Crippen LogP contribution is -2.26. The first-order valence-corrected chi connectivity index (χ1v) is 10.5. The highest BCUT2D eigenvalue weighted by atomic mass is 35.5. The summed E-state index contributed by atoms with van der Waals surface area (Å²) in [7, 11) is -2.15. The standard InChI is InChI=1S/C19H17ClN4O3S/c1-21-28(26,27)14-5-6-15-13(12-14)9-11-24(15)18(25)8-7-16-19(20)22-17-4-2-3-10-23(16)17/h2-8,10,12,21H,9,11H2,1H3/b8-7+. The number of halogens is 1. The van der Waals surface area contributed by atoms with Gasteiger partial charge in [0.05, 0.1) is 10.6 Å². The molecule has 7 nitrogen and oxygen atoms in total. The SMILES string of the molecule is CNS(=O)(=O)c1ccc2c(c1)CCN2C(=O)/C=C/c1c(Cl)nc2ccccn12. The van der Waals surface area contributed by atoms with Gasteiger partial charge in [0, 0.05) is 24.5 Å². The summed E-state index contributed by atoms with van der Waals surface area (Å²) in [6, 6.07) is 10.3. The van der Waals surface area contributed by atoms with Crippen LogP contribution in [-0.4, -0.2) is 37.3 Å². The Balaban J connectivity index is 1.61. The van der Waals surface area contributed by atoms with Crippen LogP contribution >= 0.6 is 11.6 Å². The van der Waals surface area contributed by atoms with Crippen LogP contribution in [0.1, 0.15) is 11.3 Å². The van der Waals surface area contributed by atoms with Gasteiger partial charge in [-0.15, -0.1) is 0 Å². The summed E-state index contributed by atoms with van der Waals surface area (Å²) in [6.07, 6.45) is 5.52. The summed E-state index contributed by atoms with van der Waals surface area (Å²) in [5.74, 6) is -0.204. The number of benzene rings is 1. The molecule has 0 bridgehead atoms. The monoisotopic (exact) mass is 416 g/mol. The Kier molecular flexibility index (Phi) is 4.70. The van der Waals surface area contributed by atoms with Gasteiger partial charge in [-0.2, -0.15) is 0 Å². The Labute approximate surface area is 167 Å². The zero-order valence-electron chi connectivity index (χ0n) is 15.0. The lowest BCUT2D eigenvalue weighted by molar-refractivity contribution is -0.114. The summed E-state index contributed by atoms with van der Waals surface area (Å²) in [4.78, 5) is 18.8. The molecule has 0 radical (unpaired) electrons. The van der Waals surface area contributed by atoms with Crippen molar-refractivity contribution in [2.24, 2.45) is 0 Å². The molecule has 9 heteroatoms. The molecule has 2 aromatic heterocycles. The molecule has 0 saturated heterocycles. The van der Waals surface area contributed by atoms with E-state index in [0.29, 0.717) is 35.1 Å². The number of pyridine rings is 1. The van der Waals surface area contributed by atoms with E-state index in [9.17, 15) is 13.2 Å². The molecule has 4 rings (SSSR count). The highest BCUT2D eigenvalue weighted by Gasteiger charge is 2.25. The van der Waals surface area contributed by atoms with Crippen LogP contribution < -0.4 is 9.62 Å². The third kappa shape index (κ3) is 3.19. The van der Waals surface area contributed by atoms with Crippen LogP contribution in [0.25, 0.3) is 11.7 Å². The molecule has 3 heterocycles. The van der Waals surface area contributed by atoms with Crippen LogP contribution in [-0.2, 0) is 21.2 Å². The van der Waals surface area contributed by atoms with Crippen LogP contribution in [0.2, 0.25) is 5.15 Å². The van der Waals surface area contributed by atoms with Crippen LogP contribution in [0.4, 0.5) is 5.69 Å². The number of rotatable bonds is 4. The molecule has 28 heavy (non-hydrogen) atoms. The van der Waals surface area contributed by atoms with Gasteiger partial charge in [0.1, 0.15) is 5.65 Å². The van der Waals surface area contributed by atoms with Crippen LogP contribution in [0, 0.1) is 0 Å². The van der Waals surface area contributed by atoms with E-state index < -0.39 is 10.0 Å². The number of hydrogen-bond donors (Lipinski definition) is 1. The first-order valence-electron chi connectivity index (χ1n) is 8.59. The van der Waals surface area contributed by atoms with Crippen molar-refractivity contribution >= 4 is 44.9 Å². The first-order chi connectivity index (χ1) is 13.4. The summed E-state index contributed by atoms with van der Waals surface area (Å²) in [5, 5.41) is 0.319. The van der Waals surface area contributed by atoms with Crippen LogP contribution in [0.15, 0.2) is 53.6 Å². The number of sulfonamides is 1. The van der Waals surface area contributed by atoms with Crippen LogP contribution in [0.3, 0.4) is 0 Å². The maximum Gasteiger partial charge on any atom is 0.251 e. The van der Waals surface area contributed by atoms with Crippen molar-refractivity contribution in [3.05, 3.63) is 65.1 Å². The minimum atomic E-state index is -3.51. The van der Waals surface area contributed by atoms with Crippen molar-refractivity contribution in [2.75, 3.05) is 18.5 Å². The molecule has 1 N–H and O–H groups in total. The van der Waals surface area contributed by atoms with Crippen molar-refractivity contribution < 1.29 is 13.2 Å². The first kappa shape index (κ1) is 18.7. The minimum Gasteiger partial charge on any atom is -0.308 e. The van der Waals surface area contributed by atoms with Crippen molar-refractivity contribution in [3.8, 4) is 0 Å². The van der Waals surface area contributed by atoms with E-state index in [4.69, 9.17) is 11.6 Å². The van der Waals surface area contributed by atoms with Gasteiger partial charge >= 0.3 is 0 Å². The van der Waals surface area contributed by atoms with E-state index in [1.807, 2.05) is 24.4 Å². The fourth-order valence-corrected chi connectivity index (χ4v) is 4.29. The number of aromatic nitrogens is 2. The van der Waals surface area contributed by atoms with E-state index in [1.165, 1.54) is 19.2 Å². The molecule has 1 aliphatic heterocycles. The number of carbonyl (C=O) groups excluding carboxylic acids is 1. The molecule has 0 spiro atoms. The predicted octanol–water partition coefficient (Wildman–Crippen LogP) is 2.50. The van der Waals surface area contributed by atoms with E-state index in [-0.39, 0.29) is 10.8 Å². The molecule has 3 aromatic rings. The minimum absolute atomic E-state index is 0.191. The summed E-state index contributed by atoms with van der Waals surface area (Å²) >= 11 is 6.19. The number of hydrogen-bond acceptors (Lipinski definition) is 4. The maximum atomic E-state index is 12.7. The van der Waals surface area contributed by atoms with Crippen LogP contribution in [0.5, 0.6) is 0 Å². The highest BCUT2D eigenvalue weighted by Crippen LogP contribution is 2.30. The van der Waals surface area contributed by atoms with Gasteiger partial charge in [0.15, 0.2) is 5.15 Å². The molecular formula is C19H17ClN4O3S. The second-order valence-electron chi connectivity index (χ2n) is 6.29. The van der Waals surface area contributed by atoms with Crippen molar-refractivity contribution in [1.82, 2.24) is 14.1 Å². The Morgan fingerprint density at radius 3 is 2.89 bits per heavy atom. The Morgan fingerprint density at radius 1 is 1.29 bits per heavy atom. The Hall–Kier alpha value is -2.68. The third-order valence-corrected chi connectivity index (χ3v) is 6.39.